The Bertz CT molecular complexity index is 966. The highest BCUT2D eigenvalue weighted by Gasteiger charge is 2.03. The Morgan fingerprint density at radius 1 is 0.323 bits per heavy atom. The number of carboxylic acid groups (broad SMARTS) is 1. The van der Waals surface area contributed by atoms with Crippen LogP contribution in [-0.2, 0) is 14.3 Å². The van der Waals surface area contributed by atoms with E-state index in [0.717, 1.165) is 51.4 Å². The molecule has 4 nitrogen and oxygen atoms in total. The fourth-order valence-electron chi connectivity index (χ4n) is 8.71. The van der Waals surface area contributed by atoms with Crippen LogP contribution in [0.4, 0.5) is 0 Å². The van der Waals surface area contributed by atoms with Crippen molar-refractivity contribution in [2.75, 3.05) is 6.61 Å². The monoisotopic (exact) mass is 869 g/mol. The summed E-state index contributed by atoms with van der Waals surface area (Å²) in [5, 5.41) is 8.67. The van der Waals surface area contributed by atoms with E-state index >= 15 is 0 Å². The Balaban J connectivity index is 3.16. The smallest absolute Gasteiger partial charge is 0.305 e. The van der Waals surface area contributed by atoms with Gasteiger partial charge in [0, 0.05) is 12.8 Å². The minimum Gasteiger partial charge on any atom is -0.481 e. The van der Waals surface area contributed by atoms with Crippen LogP contribution < -0.4 is 0 Å². The maximum atomic E-state index is 12.0. The van der Waals surface area contributed by atoms with E-state index in [4.69, 9.17) is 9.84 Å². The number of ether oxygens (including phenoxy) is 1. The van der Waals surface area contributed by atoms with Crippen LogP contribution in [0.15, 0.2) is 36.5 Å². The maximum absolute atomic E-state index is 12.0. The van der Waals surface area contributed by atoms with Gasteiger partial charge in [0.1, 0.15) is 0 Å². The lowest BCUT2D eigenvalue weighted by molar-refractivity contribution is -0.144. The predicted molar refractivity (Wildman–Crippen MR) is 273 cm³/mol. The van der Waals surface area contributed by atoms with Crippen molar-refractivity contribution in [3.8, 4) is 0 Å². The van der Waals surface area contributed by atoms with E-state index in [0.29, 0.717) is 19.4 Å². The molecule has 1 N–H and O–H groups in total. The summed E-state index contributed by atoms with van der Waals surface area (Å²) in [5.41, 5.74) is 0. The van der Waals surface area contributed by atoms with Gasteiger partial charge in [0.05, 0.1) is 6.61 Å². The first-order chi connectivity index (χ1) is 30.7. The molecule has 0 atom stereocenters. The van der Waals surface area contributed by atoms with Crippen molar-refractivity contribution in [2.24, 2.45) is 0 Å². The lowest BCUT2D eigenvalue weighted by atomic mass is 10.0. The quantitative estimate of drug-likeness (QED) is 0.0376. The Labute approximate surface area is 388 Å². The zero-order valence-corrected chi connectivity index (χ0v) is 41.8. The number of hydrogen-bond acceptors (Lipinski definition) is 3. The third-order valence-corrected chi connectivity index (χ3v) is 12.8. The Hall–Kier alpha value is -1.84. The van der Waals surface area contributed by atoms with Crippen molar-refractivity contribution in [2.45, 2.75) is 315 Å². The molecule has 0 aromatic rings. The molecule has 0 unspecified atom stereocenters. The second-order valence-corrected chi connectivity index (χ2v) is 19.0. The number of esters is 1. The SMILES string of the molecule is CC/C=C\C/C=C\C/C=C\CCCCCCCC(=O)OCCCCCCCCCCCCCCCCCCCCCCCCCCCCCCCCCCCCCCCC(=O)O. The van der Waals surface area contributed by atoms with Crippen molar-refractivity contribution >= 4 is 11.9 Å². The van der Waals surface area contributed by atoms with Crippen LogP contribution in [0.5, 0.6) is 0 Å². The van der Waals surface area contributed by atoms with Crippen LogP contribution in [-0.4, -0.2) is 23.7 Å². The summed E-state index contributed by atoms with van der Waals surface area (Å²) in [6.45, 7) is 2.78. The average Bonchev–Trinajstić information content (AvgIpc) is 3.27. The number of hydrogen-bond donors (Lipinski definition) is 1. The molecule has 0 aromatic heterocycles. The maximum Gasteiger partial charge on any atom is 0.305 e. The summed E-state index contributed by atoms with van der Waals surface area (Å²) in [6.07, 6.45) is 75.5. The van der Waals surface area contributed by atoms with Gasteiger partial charge in [-0.1, -0.05) is 287 Å². The van der Waals surface area contributed by atoms with Crippen LogP contribution in [0.1, 0.15) is 315 Å². The van der Waals surface area contributed by atoms with Crippen molar-refractivity contribution in [1.29, 1.82) is 0 Å². The van der Waals surface area contributed by atoms with Gasteiger partial charge in [0.25, 0.3) is 0 Å². The average molecular weight is 869 g/mol. The van der Waals surface area contributed by atoms with Gasteiger partial charge < -0.3 is 9.84 Å². The molecule has 4 heteroatoms. The zero-order valence-electron chi connectivity index (χ0n) is 41.8. The normalized spacial score (nSPS) is 11.9. The lowest BCUT2D eigenvalue weighted by Gasteiger charge is -2.06. The Kier molecular flexibility index (Phi) is 53.7. The largest absolute Gasteiger partial charge is 0.481 e. The number of allylic oxidation sites excluding steroid dienone is 6. The minimum atomic E-state index is -0.651. The molecule has 0 radical (unpaired) electrons. The summed E-state index contributed by atoms with van der Waals surface area (Å²) < 4.78 is 5.48. The second kappa shape index (κ2) is 55.3. The molecule has 0 spiro atoms. The van der Waals surface area contributed by atoms with E-state index in [9.17, 15) is 9.59 Å². The molecule has 0 aromatic carbocycles. The van der Waals surface area contributed by atoms with Crippen LogP contribution in [0.25, 0.3) is 0 Å². The molecule has 0 fully saturated rings. The number of unbranched alkanes of at least 4 members (excludes halogenated alkanes) is 41. The molecular formula is C58H108O4. The van der Waals surface area contributed by atoms with Gasteiger partial charge in [-0.25, -0.2) is 0 Å². The number of carbonyl (C=O) groups excluding carboxylic acids is 1. The van der Waals surface area contributed by atoms with Gasteiger partial charge in [-0.2, -0.15) is 0 Å². The molecule has 0 amide bonds. The van der Waals surface area contributed by atoms with Crippen LogP contribution >= 0.6 is 0 Å². The van der Waals surface area contributed by atoms with E-state index in [1.54, 1.807) is 0 Å². The van der Waals surface area contributed by atoms with Crippen molar-refractivity contribution in [1.82, 2.24) is 0 Å². The topological polar surface area (TPSA) is 63.6 Å². The highest BCUT2D eigenvalue weighted by molar-refractivity contribution is 5.69. The van der Waals surface area contributed by atoms with E-state index in [1.165, 1.54) is 244 Å². The highest BCUT2D eigenvalue weighted by Crippen LogP contribution is 2.18. The predicted octanol–water partition coefficient (Wildman–Crippen LogP) is 20.0. The molecule has 62 heavy (non-hydrogen) atoms. The van der Waals surface area contributed by atoms with Crippen LogP contribution in [0.3, 0.4) is 0 Å². The van der Waals surface area contributed by atoms with Gasteiger partial charge in [0.2, 0.25) is 0 Å². The number of rotatable bonds is 53. The fourth-order valence-corrected chi connectivity index (χ4v) is 8.71. The number of carbonyl (C=O) groups is 2. The molecule has 0 bridgehead atoms. The van der Waals surface area contributed by atoms with E-state index in [2.05, 4.69) is 43.4 Å². The number of carboxylic acids is 1. The highest BCUT2D eigenvalue weighted by atomic mass is 16.5. The van der Waals surface area contributed by atoms with E-state index < -0.39 is 5.97 Å². The van der Waals surface area contributed by atoms with Crippen LogP contribution in [0, 0.1) is 0 Å². The van der Waals surface area contributed by atoms with Crippen molar-refractivity contribution < 1.29 is 19.4 Å². The summed E-state index contributed by atoms with van der Waals surface area (Å²) in [6, 6.07) is 0. The first-order valence-corrected chi connectivity index (χ1v) is 28.0. The molecule has 364 valence electrons. The molecule has 0 aliphatic carbocycles. The van der Waals surface area contributed by atoms with E-state index in [1.807, 2.05) is 0 Å². The first-order valence-electron chi connectivity index (χ1n) is 28.0. The fraction of sp³-hybridized carbons (Fsp3) is 0.862. The number of aliphatic carboxylic acids is 1. The summed E-state index contributed by atoms with van der Waals surface area (Å²) in [5.74, 6) is -0.644. The third-order valence-electron chi connectivity index (χ3n) is 12.8. The summed E-state index contributed by atoms with van der Waals surface area (Å²) in [4.78, 5) is 22.6. The third kappa shape index (κ3) is 56.2. The molecular weight excluding hydrogens is 761 g/mol. The zero-order chi connectivity index (χ0) is 44.8. The summed E-state index contributed by atoms with van der Waals surface area (Å²) >= 11 is 0. The standard InChI is InChI=1S/C58H108O4/c1-2-3-4-5-6-7-8-9-33-37-40-43-46-49-52-55-58(61)62-56-53-50-47-44-41-38-35-32-30-28-26-24-22-20-18-16-14-12-10-11-13-15-17-19-21-23-25-27-29-31-34-36-39-42-45-48-51-54-57(59)60/h3-4,6-7,9,33H,2,5,8,10-32,34-56H2,1H3,(H,59,60)/b4-3-,7-6-,33-9-. The second-order valence-electron chi connectivity index (χ2n) is 19.0. The van der Waals surface area contributed by atoms with E-state index in [-0.39, 0.29) is 5.97 Å². The molecule has 0 aliphatic rings. The molecule has 0 saturated heterocycles. The van der Waals surface area contributed by atoms with Gasteiger partial charge in [-0.3, -0.25) is 9.59 Å². The van der Waals surface area contributed by atoms with Gasteiger partial charge in [0.15, 0.2) is 0 Å². The Morgan fingerprint density at radius 3 is 0.903 bits per heavy atom. The molecule has 0 heterocycles. The minimum absolute atomic E-state index is 0.00674. The first kappa shape index (κ1) is 60.2. The van der Waals surface area contributed by atoms with Crippen molar-refractivity contribution in [3.05, 3.63) is 36.5 Å². The molecule has 0 rings (SSSR count). The Morgan fingerprint density at radius 2 is 0.581 bits per heavy atom. The lowest BCUT2D eigenvalue weighted by Crippen LogP contribution is -2.05. The van der Waals surface area contributed by atoms with Gasteiger partial charge in [-0.05, 0) is 51.4 Å². The molecule has 0 saturated carbocycles. The summed E-state index contributed by atoms with van der Waals surface area (Å²) in [7, 11) is 0. The van der Waals surface area contributed by atoms with Crippen LogP contribution in [0.2, 0.25) is 0 Å². The molecule has 0 aliphatic heterocycles. The van der Waals surface area contributed by atoms with Crippen molar-refractivity contribution in [3.63, 3.8) is 0 Å². The van der Waals surface area contributed by atoms with Gasteiger partial charge in [-0.15, -0.1) is 0 Å². The van der Waals surface area contributed by atoms with Gasteiger partial charge >= 0.3 is 11.9 Å².